The first-order valence-electron chi connectivity index (χ1n) is 9.66. The maximum atomic E-state index is 13.2. The molecule has 2 saturated heterocycles. The maximum absolute atomic E-state index is 13.2. The number of carbonyl (C=O) groups is 1. The predicted molar refractivity (Wildman–Crippen MR) is 103 cm³/mol. The molecule has 0 amide bonds. The van der Waals surface area contributed by atoms with Gasteiger partial charge in [-0.25, -0.2) is 0 Å². The fraction of sp³-hybridized carbons (Fsp3) is 0.435. The van der Waals surface area contributed by atoms with Crippen LogP contribution in [0.1, 0.15) is 48.2 Å². The van der Waals surface area contributed by atoms with Crippen LogP contribution in [0.3, 0.4) is 0 Å². The first-order valence-corrected chi connectivity index (χ1v) is 9.66. The minimum absolute atomic E-state index is 0.0549. The van der Waals surface area contributed by atoms with Gasteiger partial charge in [0.15, 0.2) is 5.78 Å². The van der Waals surface area contributed by atoms with Crippen LogP contribution < -0.4 is 5.32 Å². The number of piperidine rings is 1. The number of hydrogen-bond donors (Lipinski definition) is 1. The Hall–Kier alpha value is -1.97. The second kappa shape index (κ2) is 5.77. The lowest BCUT2D eigenvalue weighted by molar-refractivity contribution is 0.00953. The van der Waals surface area contributed by atoms with E-state index >= 15 is 0 Å². The summed E-state index contributed by atoms with van der Waals surface area (Å²) >= 11 is 0. The maximum Gasteiger partial charge on any atom is 0.166 e. The van der Waals surface area contributed by atoms with Crippen LogP contribution in [0.25, 0.3) is 11.1 Å². The quantitative estimate of drug-likeness (QED) is 0.836. The normalized spacial score (nSPS) is 28.3. The fourth-order valence-electron chi connectivity index (χ4n) is 5.14. The predicted octanol–water partition coefficient (Wildman–Crippen LogP) is 3.94. The van der Waals surface area contributed by atoms with Crippen molar-refractivity contribution in [2.24, 2.45) is 5.92 Å². The number of hydrogen-bond acceptors (Lipinski definition) is 3. The van der Waals surface area contributed by atoms with Gasteiger partial charge < -0.3 is 10.1 Å². The molecule has 2 heterocycles. The van der Waals surface area contributed by atoms with Gasteiger partial charge in [0.25, 0.3) is 0 Å². The van der Waals surface area contributed by atoms with E-state index in [1.54, 1.807) is 0 Å². The van der Waals surface area contributed by atoms with Gasteiger partial charge in [0.1, 0.15) is 0 Å². The van der Waals surface area contributed by atoms with Crippen molar-refractivity contribution < 1.29 is 9.53 Å². The van der Waals surface area contributed by atoms with Crippen molar-refractivity contribution in [2.75, 3.05) is 13.2 Å². The fourth-order valence-corrected chi connectivity index (χ4v) is 5.14. The average molecular weight is 347 g/mol. The summed E-state index contributed by atoms with van der Waals surface area (Å²) in [6.45, 7) is 5.98. The summed E-state index contributed by atoms with van der Waals surface area (Å²) in [4.78, 5) is 13.2. The van der Waals surface area contributed by atoms with Gasteiger partial charge >= 0.3 is 0 Å². The molecule has 2 unspecified atom stereocenters. The standard InChI is InChI=1S/C23H25NO2/c1-23(2)20-6-4-3-5-18(20)19-8-7-14(11-21(19)23)22(25)15-9-16-12-26-13-17(10-15)24-16/h3-8,11,15-17,24H,9-10,12-13H2,1-2H3. The average Bonchev–Trinajstić information content (AvgIpc) is 2.88. The Morgan fingerprint density at radius 3 is 2.46 bits per heavy atom. The molecule has 0 spiro atoms. The van der Waals surface area contributed by atoms with Crippen molar-refractivity contribution in [3.05, 3.63) is 59.2 Å². The van der Waals surface area contributed by atoms with Crippen molar-refractivity contribution >= 4 is 5.78 Å². The lowest BCUT2D eigenvalue weighted by atomic mass is 9.79. The Morgan fingerprint density at radius 2 is 1.69 bits per heavy atom. The molecule has 0 saturated carbocycles. The molecule has 0 aromatic heterocycles. The lowest BCUT2D eigenvalue weighted by Gasteiger charge is -2.39. The Labute approximate surface area is 154 Å². The SMILES string of the molecule is CC1(C)c2ccccc2-c2ccc(C(=O)C3CC4COCC(C3)N4)cc21. The van der Waals surface area contributed by atoms with Crippen molar-refractivity contribution in [3.63, 3.8) is 0 Å². The third kappa shape index (κ3) is 2.38. The van der Waals surface area contributed by atoms with Crippen LogP contribution in [-0.2, 0) is 10.2 Å². The van der Waals surface area contributed by atoms with Crippen LogP contribution in [0.4, 0.5) is 0 Å². The zero-order chi connectivity index (χ0) is 17.9. The van der Waals surface area contributed by atoms with Gasteiger partial charge in [-0.1, -0.05) is 50.2 Å². The third-order valence-corrected chi connectivity index (χ3v) is 6.49. The topological polar surface area (TPSA) is 38.3 Å². The minimum atomic E-state index is -0.0549. The van der Waals surface area contributed by atoms with Crippen molar-refractivity contribution in [1.29, 1.82) is 0 Å². The van der Waals surface area contributed by atoms with Gasteiger partial charge in [0.05, 0.1) is 13.2 Å². The lowest BCUT2D eigenvalue weighted by Crippen LogP contribution is -2.55. The van der Waals surface area contributed by atoms with Gasteiger partial charge in [-0.2, -0.15) is 0 Å². The number of ketones is 1. The highest BCUT2D eigenvalue weighted by molar-refractivity contribution is 5.99. The summed E-state index contributed by atoms with van der Waals surface area (Å²) in [7, 11) is 0. The van der Waals surface area contributed by atoms with Crippen LogP contribution in [-0.4, -0.2) is 31.1 Å². The summed E-state index contributed by atoms with van der Waals surface area (Å²) < 4.78 is 5.62. The van der Waals surface area contributed by atoms with E-state index < -0.39 is 0 Å². The highest BCUT2D eigenvalue weighted by atomic mass is 16.5. The number of fused-ring (bicyclic) bond motifs is 5. The molecular formula is C23H25NO2. The van der Waals surface area contributed by atoms with E-state index in [0.29, 0.717) is 17.9 Å². The summed E-state index contributed by atoms with van der Waals surface area (Å²) in [5.74, 6) is 0.415. The second-order valence-corrected chi connectivity index (χ2v) is 8.56. The molecule has 2 aromatic rings. The van der Waals surface area contributed by atoms with Crippen LogP contribution in [0, 0.1) is 5.92 Å². The van der Waals surface area contributed by atoms with Crippen molar-refractivity contribution in [2.45, 2.75) is 44.2 Å². The Kier molecular flexibility index (Phi) is 3.60. The number of morpholine rings is 1. The summed E-state index contributed by atoms with van der Waals surface area (Å²) in [5.41, 5.74) is 6.03. The van der Waals surface area contributed by atoms with Crippen LogP contribution in [0.2, 0.25) is 0 Å². The van der Waals surface area contributed by atoms with Gasteiger partial charge in [0, 0.05) is 29.0 Å². The molecule has 0 radical (unpaired) electrons. The van der Waals surface area contributed by atoms with Gasteiger partial charge in [0.2, 0.25) is 0 Å². The largest absolute Gasteiger partial charge is 0.378 e. The molecule has 2 atom stereocenters. The highest BCUT2D eigenvalue weighted by Gasteiger charge is 2.38. The number of rotatable bonds is 2. The molecule has 5 rings (SSSR count). The molecule has 1 aliphatic carbocycles. The minimum Gasteiger partial charge on any atom is -0.378 e. The molecule has 134 valence electrons. The highest BCUT2D eigenvalue weighted by Crippen LogP contribution is 2.48. The summed E-state index contributed by atoms with van der Waals surface area (Å²) in [6.07, 6.45) is 1.77. The van der Waals surface area contributed by atoms with E-state index in [9.17, 15) is 4.79 Å². The summed E-state index contributed by atoms with van der Waals surface area (Å²) in [6, 6.07) is 15.6. The van der Waals surface area contributed by atoms with Gasteiger partial charge in [-0.05, 0) is 41.2 Å². The van der Waals surface area contributed by atoms with E-state index in [1.165, 1.54) is 22.3 Å². The second-order valence-electron chi connectivity index (χ2n) is 8.56. The zero-order valence-corrected chi connectivity index (χ0v) is 15.4. The molecular weight excluding hydrogens is 322 g/mol. The zero-order valence-electron chi connectivity index (χ0n) is 15.4. The number of nitrogens with one attached hydrogen (secondary N) is 1. The smallest absolute Gasteiger partial charge is 0.166 e. The van der Waals surface area contributed by atoms with Crippen LogP contribution in [0.5, 0.6) is 0 Å². The molecule has 3 aliphatic rings. The Balaban J connectivity index is 1.49. The molecule has 2 aromatic carbocycles. The molecule has 2 aliphatic heterocycles. The van der Waals surface area contributed by atoms with Crippen molar-refractivity contribution in [1.82, 2.24) is 5.32 Å². The van der Waals surface area contributed by atoms with E-state index in [-0.39, 0.29) is 11.3 Å². The number of ether oxygens (including phenoxy) is 1. The monoisotopic (exact) mass is 347 g/mol. The number of benzene rings is 2. The van der Waals surface area contributed by atoms with Crippen LogP contribution in [0.15, 0.2) is 42.5 Å². The molecule has 26 heavy (non-hydrogen) atoms. The van der Waals surface area contributed by atoms with E-state index in [4.69, 9.17) is 4.74 Å². The van der Waals surface area contributed by atoms with Crippen LogP contribution >= 0.6 is 0 Å². The molecule has 2 fully saturated rings. The molecule has 3 nitrogen and oxygen atoms in total. The summed E-state index contributed by atoms with van der Waals surface area (Å²) in [5, 5.41) is 3.58. The van der Waals surface area contributed by atoms with Gasteiger partial charge in [-0.3, -0.25) is 4.79 Å². The third-order valence-electron chi connectivity index (χ3n) is 6.49. The molecule has 3 heteroatoms. The van der Waals surface area contributed by atoms with E-state index in [2.05, 4.69) is 55.6 Å². The first kappa shape index (κ1) is 16.2. The molecule has 2 bridgehead atoms. The Bertz CT molecular complexity index is 874. The number of Topliss-reactive ketones (excluding diaryl/α,β-unsaturated/α-hetero) is 1. The van der Waals surface area contributed by atoms with E-state index in [0.717, 1.165) is 31.6 Å². The molecule has 1 N–H and O–H groups in total. The van der Waals surface area contributed by atoms with Crippen molar-refractivity contribution in [3.8, 4) is 11.1 Å². The Morgan fingerprint density at radius 1 is 1.00 bits per heavy atom. The number of carbonyl (C=O) groups excluding carboxylic acids is 1. The van der Waals surface area contributed by atoms with Gasteiger partial charge in [-0.15, -0.1) is 0 Å². The first-order chi connectivity index (χ1) is 12.5. The van der Waals surface area contributed by atoms with E-state index in [1.807, 2.05) is 6.07 Å².